The summed E-state index contributed by atoms with van der Waals surface area (Å²) >= 11 is 8.05. The molecule has 1 aliphatic carbocycles. The Morgan fingerprint density at radius 1 is 1.21 bits per heavy atom. The van der Waals surface area contributed by atoms with E-state index in [1.54, 1.807) is 23.9 Å². The van der Waals surface area contributed by atoms with E-state index in [-0.39, 0.29) is 29.8 Å². The van der Waals surface area contributed by atoms with Crippen molar-refractivity contribution in [2.75, 3.05) is 17.3 Å². The minimum Gasteiger partial charge on any atom is -0.323 e. The third kappa shape index (κ3) is 2.56. The summed E-state index contributed by atoms with van der Waals surface area (Å²) in [5, 5.41) is 6.79. The van der Waals surface area contributed by atoms with Crippen LogP contribution in [0.15, 0.2) is 18.2 Å². The maximum Gasteiger partial charge on any atom is 0.250 e. The number of thioether (sulfide) groups is 1. The van der Waals surface area contributed by atoms with Gasteiger partial charge < -0.3 is 5.32 Å². The van der Waals surface area contributed by atoms with Gasteiger partial charge >= 0.3 is 0 Å². The number of amides is 3. The highest BCUT2D eigenvalue weighted by atomic mass is 35.5. The molecule has 3 aliphatic heterocycles. The van der Waals surface area contributed by atoms with Crippen LogP contribution >= 0.6 is 23.4 Å². The summed E-state index contributed by atoms with van der Waals surface area (Å²) in [6.45, 7) is 0. The Morgan fingerprint density at radius 3 is 2.69 bits per heavy atom. The molecular formula is C21H24ClN3O3S. The molecule has 1 spiro atoms. The number of hydrogen-bond acceptors (Lipinski definition) is 5. The number of benzene rings is 1. The average molecular weight is 434 g/mol. The zero-order valence-electron chi connectivity index (χ0n) is 16.2. The van der Waals surface area contributed by atoms with Gasteiger partial charge in [0.05, 0.1) is 22.5 Å². The molecule has 0 radical (unpaired) electrons. The van der Waals surface area contributed by atoms with Gasteiger partial charge in [-0.25, -0.2) is 0 Å². The van der Waals surface area contributed by atoms with Gasteiger partial charge in [0.25, 0.3) is 0 Å². The van der Waals surface area contributed by atoms with Gasteiger partial charge in [0, 0.05) is 17.6 Å². The Labute approximate surface area is 179 Å². The van der Waals surface area contributed by atoms with Crippen LogP contribution in [0.25, 0.3) is 0 Å². The highest BCUT2D eigenvalue weighted by Gasteiger charge is 2.70. The molecule has 8 heteroatoms. The van der Waals surface area contributed by atoms with E-state index in [9.17, 15) is 14.4 Å². The largest absolute Gasteiger partial charge is 0.323 e. The van der Waals surface area contributed by atoms with Gasteiger partial charge in [-0.15, -0.1) is 0 Å². The van der Waals surface area contributed by atoms with Gasteiger partial charge in [-0.3, -0.25) is 24.6 Å². The molecule has 0 aromatic heterocycles. The number of fused-ring (bicyclic) bond motifs is 4. The number of carbonyl (C=O) groups excluding carboxylic acids is 3. The van der Waals surface area contributed by atoms with Crippen molar-refractivity contribution >= 4 is 46.8 Å². The summed E-state index contributed by atoms with van der Waals surface area (Å²) in [6, 6.07) is 5.12. The Bertz CT molecular complexity index is 903. The lowest BCUT2D eigenvalue weighted by Crippen LogP contribution is -2.54. The second-order valence-corrected chi connectivity index (χ2v) is 9.84. The molecule has 1 aromatic carbocycles. The lowest BCUT2D eigenvalue weighted by atomic mass is 9.76. The molecule has 154 valence electrons. The highest BCUT2D eigenvalue weighted by Crippen LogP contribution is 2.55. The van der Waals surface area contributed by atoms with E-state index in [4.69, 9.17) is 11.6 Å². The number of nitrogens with one attached hydrogen (secondary N) is 2. The maximum atomic E-state index is 13.7. The lowest BCUT2D eigenvalue weighted by Gasteiger charge is -2.31. The second kappa shape index (κ2) is 7.00. The molecule has 29 heavy (non-hydrogen) atoms. The van der Waals surface area contributed by atoms with E-state index in [1.807, 2.05) is 12.3 Å². The fourth-order valence-corrected chi connectivity index (χ4v) is 6.54. The molecule has 2 unspecified atom stereocenters. The first-order chi connectivity index (χ1) is 14.0. The van der Waals surface area contributed by atoms with Crippen LogP contribution in [-0.4, -0.2) is 46.7 Å². The second-order valence-electron chi connectivity index (χ2n) is 8.45. The molecule has 6 nitrogen and oxygen atoms in total. The molecule has 3 fully saturated rings. The minimum absolute atomic E-state index is 0.0258. The summed E-state index contributed by atoms with van der Waals surface area (Å²) in [5.41, 5.74) is 0.00946. The Hall–Kier alpha value is -1.57. The molecule has 3 heterocycles. The predicted molar refractivity (Wildman–Crippen MR) is 113 cm³/mol. The van der Waals surface area contributed by atoms with Crippen LogP contribution in [-0.2, 0) is 19.9 Å². The van der Waals surface area contributed by atoms with Gasteiger partial charge in [0.15, 0.2) is 0 Å². The quantitative estimate of drug-likeness (QED) is 0.714. The molecule has 2 N–H and O–H groups in total. The van der Waals surface area contributed by atoms with E-state index in [0.717, 1.165) is 37.9 Å². The molecule has 1 saturated carbocycles. The van der Waals surface area contributed by atoms with Crippen molar-refractivity contribution in [2.24, 2.45) is 11.8 Å². The van der Waals surface area contributed by atoms with E-state index in [0.29, 0.717) is 16.3 Å². The molecule has 5 rings (SSSR count). The molecule has 0 bridgehead atoms. The molecule has 2 saturated heterocycles. The minimum atomic E-state index is -1.23. The number of rotatable bonds is 4. The fraction of sp³-hybridized carbons (Fsp3) is 0.571. The smallest absolute Gasteiger partial charge is 0.250 e. The van der Waals surface area contributed by atoms with E-state index in [1.165, 1.54) is 4.90 Å². The standard InChI is InChI=1S/C21H24ClN3O3S/c1-29-10-9-14-15-16(19(27)25(18(15)26)11-5-2-3-6-11)21(24-14)12-7-4-8-13(22)17(12)23-20(21)28/h4,7-8,11,14-16,24H,2-3,5-6,9-10H2,1H3,(H,23,28)/t14?,15-,16+,21?/m1/s1. The zero-order chi connectivity index (χ0) is 20.3. The number of hydrogen-bond donors (Lipinski definition) is 2. The first kappa shape index (κ1) is 19.4. The van der Waals surface area contributed by atoms with Gasteiger partial charge in [-0.2, -0.15) is 11.8 Å². The van der Waals surface area contributed by atoms with E-state index >= 15 is 0 Å². The Balaban J connectivity index is 1.63. The maximum absolute atomic E-state index is 13.7. The first-order valence-corrected chi connectivity index (χ1v) is 12.0. The summed E-state index contributed by atoms with van der Waals surface area (Å²) in [5.74, 6) is -0.962. The van der Waals surface area contributed by atoms with Crippen LogP contribution in [0.4, 0.5) is 5.69 Å². The SMILES string of the molecule is CSCCC1NC2(C(=O)Nc3c(Cl)cccc32)[C@@H]2C(=O)N(C3CCCC3)C(=O)[C@H]12. The summed E-state index contributed by atoms with van der Waals surface area (Å²) in [4.78, 5) is 42.0. The predicted octanol–water partition coefficient (Wildman–Crippen LogP) is 2.76. The third-order valence-electron chi connectivity index (χ3n) is 7.06. The number of nitrogens with zero attached hydrogens (tertiary/aromatic N) is 1. The molecule has 1 aromatic rings. The number of para-hydroxylation sites is 1. The monoisotopic (exact) mass is 433 g/mol. The van der Waals surface area contributed by atoms with Gasteiger partial charge in [0.2, 0.25) is 17.7 Å². The molecule has 4 aliphatic rings. The average Bonchev–Trinajstić information content (AvgIpc) is 3.44. The zero-order valence-corrected chi connectivity index (χ0v) is 17.8. The summed E-state index contributed by atoms with van der Waals surface area (Å²) < 4.78 is 0. The Kier molecular flexibility index (Phi) is 4.68. The number of carbonyl (C=O) groups is 3. The van der Waals surface area contributed by atoms with E-state index in [2.05, 4.69) is 10.6 Å². The van der Waals surface area contributed by atoms with Crippen LogP contribution < -0.4 is 10.6 Å². The Morgan fingerprint density at radius 2 is 1.97 bits per heavy atom. The van der Waals surface area contributed by atoms with Crippen LogP contribution in [0.3, 0.4) is 0 Å². The molecule has 3 amide bonds. The van der Waals surface area contributed by atoms with Gasteiger partial charge in [0.1, 0.15) is 5.54 Å². The van der Waals surface area contributed by atoms with Crippen LogP contribution in [0.5, 0.6) is 0 Å². The van der Waals surface area contributed by atoms with Gasteiger partial charge in [-0.1, -0.05) is 36.6 Å². The van der Waals surface area contributed by atoms with Crippen LogP contribution in [0.2, 0.25) is 5.02 Å². The molecular weight excluding hydrogens is 410 g/mol. The van der Waals surface area contributed by atoms with Crippen molar-refractivity contribution in [2.45, 2.75) is 49.7 Å². The number of imide groups is 1. The van der Waals surface area contributed by atoms with Crippen LogP contribution in [0, 0.1) is 11.8 Å². The third-order valence-corrected chi connectivity index (χ3v) is 8.02. The summed E-state index contributed by atoms with van der Waals surface area (Å²) in [6.07, 6.45) is 6.55. The first-order valence-electron chi connectivity index (χ1n) is 10.2. The van der Waals surface area contributed by atoms with Crippen molar-refractivity contribution < 1.29 is 14.4 Å². The normalized spacial score (nSPS) is 33.7. The summed E-state index contributed by atoms with van der Waals surface area (Å²) in [7, 11) is 0. The van der Waals surface area contributed by atoms with Crippen molar-refractivity contribution in [3.05, 3.63) is 28.8 Å². The fourth-order valence-electron chi connectivity index (χ4n) is 5.83. The van der Waals surface area contributed by atoms with Gasteiger partial charge in [-0.05, 0) is 37.3 Å². The van der Waals surface area contributed by atoms with Crippen molar-refractivity contribution in [3.63, 3.8) is 0 Å². The van der Waals surface area contributed by atoms with Crippen LogP contribution in [0.1, 0.15) is 37.7 Å². The topological polar surface area (TPSA) is 78.5 Å². The molecule has 4 atom stereocenters. The number of halogens is 1. The highest BCUT2D eigenvalue weighted by molar-refractivity contribution is 7.98. The number of anilines is 1. The van der Waals surface area contributed by atoms with Crippen molar-refractivity contribution in [3.8, 4) is 0 Å². The van der Waals surface area contributed by atoms with Crippen molar-refractivity contribution in [1.82, 2.24) is 10.2 Å². The van der Waals surface area contributed by atoms with E-state index < -0.39 is 17.4 Å². The lowest BCUT2D eigenvalue weighted by molar-refractivity contribution is -0.145. The van der Waals surface area contributed by atoms with Crippen molar-refractivity contribution in [1.29, 1.82) is 0 Å². The number of likely N-dealkylation sites (tertiary alicyclic amines) is 1.